The van der Waals surface area contributed by atoms with Crippen molar-refractivity contribution in [3.8, 4) is 5.69 Å². The van der Waals surface area contributed by atoms with Gasteiger partial charge in [-0.05, 0) is 49.2 Å². The minimum absolute atomic E-state index is 0.265. The molecule has 2 aromatic carbocycles. The highest BCUT2D eigenvalue weighted by Gasteiger charge is 2.31. The first-order chi connectivity index (χ1) is 11.2. The fourth-order valence-corrected chi connectivity index (χ4v) is 3.70. The molecule has 0 bridgehead atoms. The molecule has 0 spiro atoms. The second-order valence-electron chi connectivity index (χ2n) is 5.70. The van der Waals surface area contributed by atoms with Crippen molar-refractivity contribution in [3.63, 3.8) is 0 Å². The van der Waals surface area contributed by atoms with Crippen LogP contribution in [0.4, 0.5) is 13.2 Å². The minimum Gasteiger partial charge on any atom is -0.282 e. The molecule has 0 aliphatic heterocycles. The molecule has 3 aromatic rings. The summed E-state index contributed by atoms with van der Waals surface area (Å²) in [5.74, 6) is 0. The Labute approximate surface area is 144 Å². The van der Waals surface area contributed by atoms with Gasteiger partial charge in [-0.3, -0.25) is 9.13 Å². The first-order valence-corrected chi connectivity index (χ1v) is 8.02. The van der Waals surface area contributed by atoms with Gasteiger partial charge in [0.1, 0.15) is 6.54 Å². The summed E-state index contributed by atoms with van der Waals surface area (Å²) in [5, 5.41) is 0. The molecule has 24 heavy (non-hydrogen) atoms. The molecular weight excluding hydrogens is 385 g/mol. The monoisotopic (exact) mass is 398 g/mol. The Morgan fingerprint density at radius 2 is 1.58 bits per heavy atom. The van der Waals surface area contributed by atoms with Crippen LogP contribution in [0, 0.1) is 13.8 Å². The number of fused-ring (bicyclic) bond motifs is 1. The van der Waals surface area contributed by atoms with Gasteiger partial charge in [-0.15, -0.1) is 0 Å². The van der Waals surface area contributed by atoms with Crippen LogP contribution >= 0.6 is 15.9 Å². The Kier molecular flexibility index (Phi) is 4.07. The summed E-state index contributed by atoms with van der Waals surface area (Å²) in [6.45, 7) is 2.35. The third-order valence-corrected chi connectivity index (χ3v) is 4.31. The van der Waals surface area contributed by atoms with E-state index in [1.54, 1.807) is 18.2 Å². The summed E-state index contributed by atoms with van der Waals surface area (Å²) in [6.07, 6.45) is -4.47. The van der Waals surface area contributed by atoms with Crippen molar-refractivity contribution in [2.45, 2.75) is 26.6 Å². The molecule has 1 aromatic heterocycles. The fourth-order valence-electron chi connectivity index (χ4n) is 3.01. The van der Waals surface area contributed by atoms with Gasteiger partial charge in [-0.25, -0.2) is 4.79 Å². The number of aromatic nitrogens is 2. The summed E-state index contributed by atoms with van der Waals surface area (Å²) in [6, 6.07) is 10.2. The minimum atomic E-state index is -4.47. The Morgan fingerprint density at radius 1 is 1.04 bits per heavy atom. The maximum absolute atomic E-state index is 12.9. The highest BCUT2D eigenvalue weighted by atomic mass is 79.9. The summed E-state index contributed by atoms with van der Waals surface area (Å²) in [7, 11) is 0. The van der Waals surface area contributed by atoms with Crippen LogP contribution in [-0.4, -0.2) is 15.3 Å². The number of imidazole rings is 1. The quantitative estimate of drug-likeness (QED) is 0.612. The van der Waals surface area contributed by atoms with E-state index in [9.17, 15) is 18.0 Å². The zero-order valence-corrected chi connectivity index (χ0v) is 14.6. The maximum atomic E-state index is 12.9. The second-order valence-corrected chi connectivity index (χ2v) is 6.61. The van der Waals surface area contributed by atoms with Crippen molar-refractivity contribution in [2.75, 3.05) is 0 Å². The summed E-state index contributed by atoms with van der Waals surface area (Å²) < 4.78 is 41.7. The van der Waals surface area contributed by atoms with Crippen LogP contribution in [-0.2, 0) is 6.54 Å². The molecule has 0 unspecified atom stereocenters. The van der Waals surface area contributed by atoms with Gasteiger partial charge < -0.3 is 0 Å². The molecule has 0 amide bonds. The number of hydrogen-bond acceptors (Lipinski definition) is 1. The van der Waals surface area contributed by atoms with Gasteiger partial charge in [-0.2, -0.15) is 13.2 Å². The topological polar surface area (TPSA) is 26.9 Å². The Bertz CT molecular complexity index is 963. The number of nitrogens with zero attached hydrogens (tertiary/aromatic N) is 2. The van der Waals surface area contributed by atoms with Crippen LogP contribution in [0.25, 0.3) is 16.7 Å². The van der Waals surface area contributed by atoms with E-state index < -0.39 is 18.4 Å². The number of alkyl halides is 3. The first-order valence-electron chi connectivity index (χ1n) is 7.23. The van der Waals surface area contributed by atoms with Gasteiger partial charge >= 0.3 is 11.9 Å². The van der Waals surface area contributed by atoms with Gasteiger partial charge in [-0.1, -0.05) is 28.1 Å². The van der Waals surface area contributed by atoms with Crippen LogP contribution in [0.1, 0.15) is 11.1 Å². The first kappa shape index (κ1) is 16.8. The lowest BCUT2D eigenvalue weighted by Gasteiger charge is -2.12. The Balaban J connectivity index is 2.39. The van der Waals surface area contributed by atoms with E-state index in [4.69, 9.17) is 0 Å². The molecule has 0 N–H and O–H groups in total. The van der Waals surface area contributed by atoms with Crippen LogP contribution < -0.4 is 5.69 Å². The Morgan fingerprint density at radius 3 is 2.12 bits per heavy atom. The SMILES string of the molecule is Cc1cc(Br)cc(C)c1-n1c(=O)n(CC(F)(F)F)c2ccccc21. The van der Waals surface area contributed by atoms with E-state index in [1.165, 1.54) is 10.6 Å². The number of rotatable bonds is 2. The molecule has 0 fully saturated rings. The van der Waals surface area contributed by atoms with Crippen molar-refractivity contribution in [2.24, 2.45) is 0 Å². The number of halogens is 4. The number of hydrogen-bond donors (Lipinski definition) is 0. The van der Waals surface area contributed by atoms with E-state index in [1.807, 2.05) is 26.0 Å². The third kappa shape index (κ3) is 2.88. The Hall–Kier alpha value is -2.02. The average molecular weight is 399 g/mol. The number of benzene rings is 2. The zero-order chi connectivity index (χ0) is 17.6. The predicted molar refractivity (Wildman–Crippen MR) is 90.8 cm³/mol. The lowest BCUT2D eigenvalue weighted by Crippen LogP contribution is -2.29. The second kappa shape index (κ2) is 5.81. The van der Waals surface area contributed by atoms with Crippen LogP contribution in [0.15, 0.2) is 45.7 Å². The fraction of sp³-hybridized carbons (Fsp3) is 0.235. The molecule has 3 nitrogen and oxygen atoms in total. The van der Waals surface area contributed by atoms with Gasteiger partial charge in [0.25, 0.3) is 0 Å². The molecule has 1 heterocycles. The average Bonchev–Trinajstić information content (AvgIpc) is 2.71. The van der Waals surface area contributed by atoms with Crippen molar-refractivity contribution >= 4 is 27.0 Å². The molecule has 7 heteroatoms. The van der Waals surface area contributed by atoms with Gasteiger partial charge in [0, 0.05) is 4.47 Å². The predicted octanol–water partition coefficient (Wildman–Crippen LogP) is 4.73. The van der Waals surface area contributed by atoms with Crippen LogP contribution in [0.2, 0.25) is 0 Å². The van der Waals surface area contributed by atoms with Crippen LogP contribution in [0.5, 0.6) is 0 Å². The maximum Gasteiger partial charge on any atom is 0.406 e. The smallest absolute Gasteiger partial charge is 0.282 e. The number of aryl methyl sites for hydroxylation is 2. The highest BCUT2D eigenvalue weighted by Crippen LogP contribution is 2.27. The van der Waals surface area contributed by atoms with Crippen molar-refractivity contribution in [1.82, 2.24) is 9.13 Å². The molecule has 0 radical (unpaired) electrons. The van der Waals surface area contributed by atoms with E-state index in [-0.39, 0.29) is 5.52 Å². The summed E-state index contributed by atoms with van der Waals surface area (Å²) in [5.41, 5.74) is 2.25. The number of para-hydroxylation sites is 2. The standard InChI is InChI=1S/C17H14BrF3N2O/c1-10-7-12(18)8-11(2)15(10)23-14-6-4-3-5-13(14)22(16(23)24)9-17(19,20)21/h3-8H,9H2,1-2H3. The van der Waals surface area contributed by atoms with Gasteiger partial charge in [0.2, 0.25) is 0 Å². The third-order valence-electron chi connectivity index (χ3n) is 3.85. The molecule has 0 aliphatic carbocycles. The van der Waals surface area contributed by atoms with Crippen LogP contribution in [0.3, 0.4) is 0 Å². The largest absolute Gasteiger partial charge is 0.406 e. The highest BCUT2D eigenvalue weighted by molar-refractivity contribution is 9.10. The molecule has 0 atom stereocenters. The molecule has 0 aliphatic rings. The lowest BCUT2D eigenvalue weighted by atomic mass is 10.1. The van der Waals surface area contributed by atoms with Gasteiger partial charge in [0.05, 0.1) is 16.7 Å². The van der Waals surface area contributed by atoms with E-state index in [2.05, 4.69) is 15.9 Å². The summed E-state index contributed by atoms with van der Waals surface area (Å²) >= 11 is 3.39. The summed E-state index contributed by atoms with van der Waals surface area (Å²) in [4.78, 5) is 12.8. The normalized spacial score (nSPS) is 12.1. The van der Waals surface area contributed by atoms with Crippen molar-refractivity contribution < 1.29 is 13.2 Å². The van der Waals surface area contributed by atoms with Crippen molar-refractivity contribution in [1.29, 1.82) is 0 Å². The van der Waals surface area contributed by atoms with E-state index in [0.29, 0.717) is 11.2 Å². The van der Waals surface area contributed by atoms with E-state index in [0.717, 1.165) is 20.2 Å². The molecule has 0 saturated heterocycles. The lowest BCUT2D eigenvalue weighted by molar-refractivity contribution is -0.140. The molecule has 3 rings (SSSR count). The van der Waals surface area contributed by atoms with E-state index >= 15 is 0 Å². The molecule has 0 saturated carbocycles. The molecular formula is C17H14BrF3N2O. The van der Waals surface area contributed by atoms with Crippen molar-refractivity contribution in [3.05, 3.63) is 62.5 Å². The molecule has 126 valence electrons. The zero-order valence-electron chi connectivity index (χ0n) is 13.0. The van der Waals surface area contributed by atoms with Gasteiger partial charge in [0.15, 0.2) is 0 Å².